The normalized spacial score (nSPS) is 13.0. The molecule has 44 heavy (non-hydrogen) atoms. The van der Waals surface area contributed by atoms with E-state index in [2.05, 4.69) is 10.0 Å². The van der Waals surface area contributed by atoms with Crippen molar-refractivity contribution in [3.05, 3.63) is 63.9 Å². The third-order valence-electron chi connectivity index (χ3n) is 6.12. The van der Waals surface area contributed by atoms with Crippen LogP contribution in [-0.4, -0.2) is 82.0 Å². The third-order valence-corrected chi connectivity index (χ3v) is 8.27. The number of carbonyl (C=O) groups is 3. The van der Waals surface area contributed by atoms with Crippen molar-refractivity contribution in [2.45, 2.75) is 63.5 Å². The van der Waals surface area contributed by atoms with Crippen molar-refractivity contribution in [2.24, 2.45) is 5.73 Å². The summed E-state index contributed by atoms with van der Waals surface area (Å²) in [5.74, 6) is -2.41. The van der Waals surface area contributed by atoms with E-state index in [-0.39, 0.29) is 24.0 Å². The van der Waals surface area contributed by atoms with Gasteiger partial charge in [0.05, 0.1) is 18.1 Å². The number of benzene rings is 2. The first-order valence-corrected chi connectivity index (χ1v) is 15.9. The number of rotatable bonds is 17. The van der Waals surface area contributed by atoms with Crippen molar-refractivity contribution in [2.75, 3.05) is 26.3 Å². The maximum absolute atomic E-state index is 13.9. The lowest BCUT2D eigenvalue weighted by Crippen LogP contribution is -2.56. The summed E-state index contributed by atoms with van der Waals surface area (Å²) >= 11 is 11.9. The average molecular weight is 680 g/mol. The summed E-state index contributed by atoms with van der Waals surface area (Å²) in [4.78, 5) is 39.9. The first-order chi connectivity index (χ1) is 20.7. The maximum Gasteiger partial charge on any atom is 0.405 e. The fourth-order valence-electron chi connectivity index (χ4n) is 4.04. The lowest BCUT2D eigenvalue weighted by atomic mass is 10.0. The van der Waals surface area contributed by atoms with E-state index in [1.165, 1.54) is 4.90 Å². The Balaban J connectivity index is 2.38. The van der Waals surface area contributed by atoms with Crippen LogP contribution in [0.25, 0.3) is 0 Å². The highest BCUT2D eigenvalue weighted by atomic mass is 35.5. The smallest absolute Gasteiger partial charge is 0.405 e. The van der Waals surface area contributed by atoms with E-state index in [0.717, 1.165) is 12.1 Å². The van der Waals surface area contributed by atoms with Crippen LogP contribution in [0.4, 0.5) is 9.18 Å². The molecule has 2 atom stereocenters. The number of ether oxygens (including phenoxy) is 3. The molecule has 0 radical (unpaired) electrons. The van der Waals surface area contributed by atoms with E-state index >= 15 is 0 Å². The molecule has 2 unspecified atom stereocenters. The van der Waals surface area contributed by atoms with Crippen LogP contribution in [0.3, 0.4) is 0 Å². The Hall–Kier alpha value is -3.01. The highest BCUT2D eigenvalue weighted by Crippen LogP contribution is 2.22. The highest BCUT2D eigenvalue weighted by Gasteiger charge is 2.34. The number of amides is 3. The number of hydrogen-bond acceptors (Lipinski definition) is 8. The van der Waals surface area contributed by atoms with E-state index in [1.807, 2.05) is 0 Å². The number of primary amides is 1. The molecule has 0 heterocycles. The van der Waals surface area contributed by atoms with Gasteiger partial charge in [-0.05, 0) is 63.6 Å². The summed E-state index contributed by atoms with van der Waals surface area (Å²) in [5, 5.41) is 2.73. The van der Waals surface area contributed by atoms with Crippen LogP contribution < -0.4 is 15.8 Å². The fraction of sp³-hybridized carbons (Fsp3) is 0.464. The molecule has 0 saturated heterocycles. The molecule has 0 aliphatic heterocycles. The largest absolute Gasteiger partial charge is 0.435 e. The molecule has 2 rings (SSSR count). The van der Waals surface area contributed by atoms with Gasteiger partial charge in [-0.2, -0.15) is 0 Å². The maximum atomic E-state index is 13.9. The molecule has 2 aromatic carbocycles. The molecule has 0 spiro atoms. The van der Waals surface area contributed by atoms with Gasteiger partial charge in [0.25, 0.3) is 5.91 Å². The van der Waals surface area contributed by atoms with Crippen LogP contribution in [0.15, 0.2) is 47.4 Å². The standard InChI is InChI=1S/C28H37Cl2FN4O8S/c1-5-41-25(42-6-2)16-35(17(3)4)27(37)22(13-18-7-9-19(29)10-8-18)34-26(36)23(43-28(32)38)15-33-44(39,40)24-14-20(31)11-12-21(24)30/h7-12,14,17,22-23,25,33H,5-6,13,15-16H2,1-4H3,(H2,32,38)(H,34,36). The monoisotopic (exact) mass is 678 g/mol. The summed E-state index contributed by atoms with van der Waals surface area (Å²) in [6.45, 7) is 7.02. The second kappa shape index (κ2) is 17.5. The Labute approximate surface area is 266 Å². The molecule has 0 aliphatic rings. The van der Waals surface area contributed by atoms with Gasteiger partial charge in [0.1, 0.15) is 16.8 Å². The van der Waals surface area contributed by atoms with Crippen LogP contribution in [-0.2, 0) is 40.2 Å². The SMILES string of the molecule is CCOC(CN(C(=O)C(Cc1ccc(Cl)cc1)NC(=O)C(CNS(=O)(=O)c1cc(F)ccc1Cl)OC(N)=O)C(C)C)OCC. The van der Waals surface area contributed by atoms with Gasteiger partial charge in [-0.25, -0.2) is 22.3 Å². The van der Waals surface area contributed by atoms with Crippen molar-refractivity contribution in [3.8, 4) is 0 Å². The molecule has 0 bridgehead atoms. The zero-order valence-electron chi connectivity index (χ0n) is 24.7. The van der Waals surface area contributed by atoms with E-state index in [0.29, 0.717) is 29.9 Å². The second-order valence-corrected chi connectivity index (χ2v) is 12.2. The number of halogens is 3. The summed E-state index contributed by atoms with van der Waals surface area (Å²) in [7, 11) is -4.47. The van der Waals surface area contributed by atoms with Gasteiger partial charge in [-0.3, -0.25) is 9.59 Å². The zero-order valence-corrected chi connectivity index (χ0v) is 27.0. The molecular formula is C28H37Cl2FN4O8S. The minimum absolute atomic E-state index is 0.00713. The lowest BCUT2D eigenvalue weighted by Gasteiger charge is -2.34. The van der Waals surface area contributed by atoms with E-state index in [1.54, 1.807) is 52.0 Å². The number of nitrogens with one attached hydrogen (secondary N) is 2. The minimum atomic E-state index is -4.47. The van der Waals surface area contributed by atoms with Crippen molar-refractivity contribution in [3.63, 3.8) is 0 Å². The Bertz CT molecular complexity index is 1380. The van der Waals surface area contributed by atoms with Gasteiger partial charge in [0.15, 0.2) is 12.4 Å². The van der Waals surface area contributed by atoms with Gasteiger partial charge in [0.2, 0.25) is 15.9 Å². The summed E-state index contributed by atoms with van der Waals surface area (Å²) in [5.41, 5.74) is 5.78. The van der Waals surface area contributed by atoms with Gasteiger partial charge in [0, 0.05) is 30.7 Å². The minimum Gasteiger partial charge on any atom is -0.435 e. The highest BCUT2D eigenvalue weighted by molar-refractivity contribution is 7.89. The van der Waals surface area contributed by atoms with Crippen LogP contribution in [0.1, 0.15) is 33.3 Å². The third kappa shape index (κ3) is 11.5. The van der Waals surface area contributed by atoms with E-state index < -0.39 is 63.6 Å². The first-order valence-electron chi connectivity index (χ1n) is 13.7. The Kier molecular flexibility index (Phi) is 14.8. The number of nitrogens with two attached hydrogens (primary N) is 1. The summed E-state index contributed by atoms with van der Waals surface area (Å²) in [6, 6.07) is 7.71. The van der Waals surface area contributed by atoms with Crippen molar-refractivity contribution in [1.82, 2.24) is 14.9 Å². The summed E-state index contributed by atoms with van der Waals surface area (Å²) in [6.07, 6.45) is -3.94. The van der Waals surface area contributed by atoms with Crippen LogP contribution in [0.2, 0.25) is 10.0 Å². The fourth-order valence-corrected chi connectivity index (χ4v) is 5.70. The van der Waals surface area contributed by atoms with Crippen molar-refractivity contribution in [1.29, 1.82) is 0 Å². The molecule has 0 aromatic heterocycles. The molecule has 12 nitrogen and oxygen atoms in total. The number of nitrogens with zero attached hydrogens (tertiary/aromatic N) is 1. The van der Waals surface area contributed by atoms with Crippen LogP contribution in [0, 0.1) is 5.82 Å². The van der Waals surface area contributed by atoms with Crippen LogP contribution >= 0.6 is 23.2 Å². The quantitative estimate of drug-likeness (QED) is 0.215. The second-order valence-electron chi connectivity index (χ2n) is 9.67. The molecule has 2 aromatic rings. The number of sulfonamides is 1. The lowest BCUT2D eigenvalue weighted by molar-refractivity contribution is -0.163. The first kappa shape index (κ1) is 37.2. The Morgan fingerprint density at radius 2 is 1.64 bits per heavy atom. The van der Waals surface area contributed by atoms with Crippen molar-refractivity contribution < 1.29 is 41.4 Å². The molecular weight excluding hydrogens is 642 g/mol. The predicted octanol–water partition coefficient (Wildman–Crippen LogP) is 3.24. The molecule has 244 valence electrons. The molecule has 16 heteroatoms. The van der Waals surface area contributed by atoms with E-state index in [9.17, 15) is 27.2 Å². The number of carbonyl (C=O) groups excluding carboxylic acids is 3. The zero-order chi connectivity index (χ0) is 33.0. The molecule has 3 amide bonds. The molecule has 0 saturated carbocycles. The number of hydrogen-bond donors (Lipinski definition) is 3. The van der Waals surface area contributed by atoms with Crippen molar-refractivity contribution >= 4 is 51.1 Å². The topological polar surface area (TPSA) is 166 Å². The molecule has 0 aliphatic carbocycles. The molecule has 0 fully saturated rings. The van der Waals surface area contributed by atoms with Gasteiger partial charge in [-0.1, -0.05) is 35.3 Å². The van der Waals surface area contributed by atoms with Crippen LogP contribution in [0.5, 0.6) is 0 Å². The summed E-state index contributed by atoms with van der Waals surface area (Å²) < 4.78 is 57.6. The molecule has 4 N–H and O–H groups in total. The van der Waals surface area contributed by atoms with Gasteiger partial charge >= 0.3 is 6.09 Å². The van der Waals surface area contributed by atoms with Gasteiger partial charge < -0.3 is 30.2 Å². The average Bonchev–Trinajstić information content (AvgIpc) is 2.95. The van der Waals surface area contributed by atoms with E-state index in [4.69, 9.17) is 43.1 Å². The predicted molar refractivity (Wildman–Crippen MR) is 162 cm³/mol. The Morgan fingerprint density at radius 3 is 2.18 bits per heavy atom. The van der Waals surface area contributed by atoms with Gasteiger partial charge in [-0.15, -0.1) is 0 Å². The Morgan fingerprint density at radius 1 is 1.02 bits per heavy atom.